The minimum atomic E-state index is -0.543. The summed E-state index contributed by atoms with van der Waals surface area (Å²) < 4.78 is 5.64. The number of aryl methyl sites for hydroxylation is 2. The second-order valence-electron chi connectivity index (χ2n) is 5.11. The van der Waals surface area contributed by atoms with Crippen LogP contribution in [0.3, 0.4) is 0 Å². The zero-order chi connectivity index (χ0) is 15.2. The van der Waals surface area contributed by atoms with Crippen molar-refractivity contribution in [3.8, 4) is 5.75 Å². The Labute approximate surface area is 126 Å². The molecule has 0 saturated carbocycles. The fourth-order valence-corrected chi connectivity index (χ4v) is 1.94. The zero-order valence-electron chi connectivity index (χ0n) is 12.7. The van der Waals surface area contributed by atoms with Crippen molar-refractivity contribution < 1.29 is 9.53 Å². The summed E-state index contributed by atoms with van der Waals surface area (Å²) in [7, 11) is 0. The number of amides is 1. The van der Waals surface area contributed by atoms with Crippen LogP contribution in [-0.4, -0.2) is 12.0 Å². The molecular formula is C18H21NO2. The number of hydrogen-bond donors (Lipinski definition) is 1. The van der Waals surface area contributed by atoms with E-state index in [9.17, 15) is 4.79 Å². The zero-order valence-corrected chi connectivity index (χ0v) is 12.7. The Morgan fingerprint density at radius 2 is 1.71 bits per heavy atom. The molecule has 0 heterocycles. The van der Waals surface area contributed by atoms with Crippen LogP contribution in [0.1, 0.15) is 25.0 Å². The number of nitrogens with one attached hydrogen (secondary N) is 1. The van der Waals surface area contributed by atoms with Gasteiger partial charge in [0.25, 0.3) is 5.91 Å². The number of rotatable bonds is 5. The molecule has 1 amide bonds. The molecule has 0 aromatic heterocycles. The summed E-state index contributed by atoms with van der Waals surface area (Å²) in [6, 6.07) is 15.5. The summed E-state index contributed by atoms with van der Waals surface area (Å²) in [5.74, 6) is 0.546. The van der Waals surface area contributed by atoms with Gasteiger partial charge in [-0.1, -0.05) is 36.8 Å². The van der Waals surface area contributed by atoms with E-state index in [1.165, 1.54) is 5.56 Å². The molecule has 0 unspecified atom stereocenters. The summed E-state index contributed by atoms with van der Waals surface area (Å²) in [5, 5.41) is 2.86. The second-order valence-corrected chi connectivity index (χ2v) is 5.11. The summed E-state index contributed by atoms with van der Waals surface area (Å²) in [6.07, 6.45) is 0.444. The summed E-state index contributed by atoms with van der Waals surface area (Å²) in [5.41, 5.74) is 3.20. The lowest BCUT2D eigenvalue weighted by Crippen LogP contribution is -2.30. The van der Waals surface area contributed by atoms with E-state index in [0.717, 1.165) is 17.7 Å². The highest BCUT2D eigenvalue weighted by Gasteiger charge is 2.14. The smallest absolute Gasteiger partial charge is 0.265 e. The Bertz CT molecular complexity index is 588. The van der Waals surface area contributed by atoms with E-state index in [-0.39, 0.29) is 5.91 Å². The van der Waals surface area contributed by atoms with Gasteiger partial charge in [0.05, 0.1) is 0 Å². The van der Waals surface area contributed by atoms with Crippen molar-refractivity contribution in [2.24, 2.45) is 0 Å². The number of ether oxygens (including phenoxy) is 1. The van der Waals surface area contributed by atoms with Gasteiger partial charge in [-0.15, -0.1) is 0 Å². The lowest BCUT2D eigenvalue weighted by Gasteiger charge is -2.15. The highest BCUT2D eigenvalue weighted by atomic mass is 16.5. The molecule has 21 heavy (non-hydrogen) atoms. The SMILES string of the molecule is CCc1ccc(NC(=O)[C@@H](C)Oc2ccc(C)cc2)cc1. The van der Waals surface area contributed by atoms with Gasteiger partial charge < -0.3 is 10.1 Å². The van der Waals surface area contributed by atoms with Crippen LogP contribution in [0.2, 0.25) is 0 Å². The number of carbonyl (C=O) groups is 1. The molecule has 2 aromatic rings. The van der Waals surface area contributed by atoms with Gasteiger partial charge in [-0.05, 0) is 50.1 Å². The summed E-state index contributed by atoms with van der Waals surface area (Å²) in [6.45, 7) is 5.86. The fourth-order valence-electron chi connectivity index (χ4n) is 1.94. The molecule has 0 spiro atoms. The molecule has 0 aliphatic carbocycles. The predicted molar refractivity (Wildman–Crippen MR) is 85.7 cm³/mol. The number of anilines is 1. The maximum atomic E-state index is 12.1. The Morgan fingerprint density at radius 1 is 1.10 bits per heavy atom. The van der Waals surface area contributed by atoms with Gasteiger partial charge in [0.1, 0.15) is 5.75 Å². The van der Waals surface area contributed by atoms with Crippen LogP contribution in [0, 0.1) is 6.92 Å². The monoisotopic (exact) mass is 283 g/mol. The molecule has 3 heteroatoms. The quantitative estimate of drug-likeness (QED) is 0.902. The summed E-state index contributed by atoms with van der Waals surface area (Å²) in [4.78, 5) is 12.1. The molecule has 0 aliphatic rings. The Kier molecular flexibility index (Phi) is 4.99. The van der Waals surface area contributed by atoms with Gasteiger partial charge in [-0.2, -0.15) is 0 Å². The van der Waals surface area contributed by atoms with Crippen LogP contribution in [0.15, 0.2) is 48.5 Å². The minimum Gasteiger partial charge on any atom is -0.481 e. The highest BCUT2D eigenvalue weighted by Crippen LogP contribution is 2.15. The van der Waals surface area contributed by atoms with Crippen molar-refractivity contribution in [3.05, 3.63) is 59.7 Å². The minimum absolute atomic E-state index is 0.153. The van der Waals surface area contributed by atoms with Gasteiger partial charge in [-0.3, -0.25) is 4.79 Å². The molecule has 0 bridgehead atoms. The highest BCUT2D eigenvalue weighted by molar-refractivity contribution is 5.94. The van der Waals surface area contributed by atoms with Gasteiger partial charge in [0.15, 0.2) is 6.10 Å². The average Bonchev–Trinajstić information content (AvgIpc) is 2.50. The molecule has 1 atom stereocenters. The van der Waals surface area contributed by atoms with E-state index in [1.54, 1.807) is 6.92 Å². The lowest BCUT2D eigenvalue weighted by atomic mass is 10.1. The third kappa shape index (κ3) is 4.35. The van der Waals surface area contributed by atoms with Crippen LogP contribution in [0.25, 0.3) is 0 Å². The molecule has 110 valence electrons. The molecule has 0 saturated heterocycles. The molecule has 2 aromatic carbocycles. The van der Waals surface area contributed by atoms with E-state index in [4.69, 9.17) is 4.74 Å². The molecule has 3 nitrogen and oxygen atoms in total. The largest absolute Gasteiger partial charge is 0.481 e. The van der Waals surface area contributed by atoms with Crippen molar-refractivity contribution in [1.29, 1.82) is 0 Å². The van der Waals surface area contributed by atoms with Crippen LogP contribution in [-0.2, 0) is 11.2 Å². The first-order valence-electron chi connectivity index (χ1n) is 7.21. The van der Waals surface area contributed by atoms with Crippen molar-refractivity contribution in [2.75, 3.05) is 5.32 Å². The Morgan fingerprint density at radius 3 is 2.29 bits per heavy atom. The van der Waals surface area contributed by atoms with Crippen molar-refractivity contribution in [2.45, 2.75) is 33.3 Å². The molecule has 0 aliphatic heterocycles. The van der Waals surface area contributed by atoms with E-state index in [1.807, 2.05) is 55.5 Å². The van der Waals surface area contributed by atoms with E-state index >= 15 is 0 Å². The van der Waals surface area contributed by atoms with Gasteiger partial charge in [0, 0.05) is 5.69 Å². The van der Waals surface area contributed by atoms with Crippen molar-refractivity contribution in [3.63, 3.8) is 0 Å². The topological polar surface area (TPSA) is 38.3 Å². The maximum Gasteiger partial charge on any atom is 0.265 e. The average molecular weight is 283 g/mol. The van der Waals surface area contributed by atoms with Crippen molar-refractivity contribution in [1.82, 2.24) is 0 Å². The van der Waals surface area contributed by atoms with Crippen LogP contribution in [0.5, 0.6) is 5.75 Å². The van der Waals surface area contributed by atoms with Gasteiger partial charge in [0.2, 0.25) is 0 Å². The van der Waals surface area contributed by atoms with Crippen LogP contribution < -0.4 is 10.1 Å². The van der Waals surface area contributed by atoms with Crippen LogP contribution in [0.4, 0.5) is 5.69 Å². The van der Waals surface area contributed by atoms with Crippen LogP contribution >= 0.6 is 0 Å². The van der Waals surface area contributed by atoms with Gasteiger partial charge in [-0.25, -0.2) is 0 Å². The fraction of sp³-hybridized carbons (Fsp3) is 0.278. The number of carbonyl (C=O) groups excluding carboxylic acids is 1. The maximum absolute atomic E-state index is 12.1. The lowest BCUT2D eigenvalue weighted by molar-refractivity contribution is -0.122. The third-order valence-corrected chi connectivity index (χ3v) is 3.33. The first kappa shape index (κ1) is 15.1. The normalized spacial score (nSPS) is 11.8. The molecule has 1 N–H and O–H groups in total. The third-order valence-electron chi connectivity index (χ3n) is 3.33. The molecule has 2 rings (SSSR count). The standard InChI is InChI=1S/C18H21NO2/c1-4-15-7-9-16(10-8-15)19-18(20)14(3)21-17-11-5-13(2)6-12-17/h5-12,14H,4H2,1-3H3,(H,19,20)/t14-/m1/s1. The molecule has 0 fully saturated rings. The predicted octanol–water partition coefficient (Wildman–Crippen LogP) is 3.96. The van der Waals surface area contributed by atoms with E-state index in [2.05, 4.69) is 12.2 Å². The Hall–Kier alpha value is -2.29. The Balaban J connectivity index is 1.93. The summed E-state index contributed by atoms with van der Waals surface area (Å²) >= 11 is 0. The number of hydrogen-bond acceptors (Lipinski definition) is 2. The second kappa shape index (κ2) is 6.93. The molecule has 0 radical (unpaired) electrons. The number of benzene rings is 2. The van der Waals surface area contributed by atoms with E-state index in [0.29, 0.717) is 5.75 Å². The first-order chi connectivity index (χ1) is 10.1. The van der Waals surface area contributed by atoms with Crippen molar-refractivity contribution >= 4 is 11.6 Å². The molecular weight excluding hydrogens is 262 g/mol. The first-order valence-corrected chi connectivity index (χ1v) is 7.21. The van der Waals surface area contributed by atoms with E-state index < -0.39 is 6.10 Å². The van der Waals surface area contributed by atoms with Gasteiger partial charge >= 0.3 is 0 Å².